The highest BCUT2D eigenvalue weighted by molar-refractivity contribution is 8.00. The number of halogens is 3. The molecule has 0 spiro atoms. The van der Waals surface area contributed by atoms with Gasteiger partial charge in [-0.05, 0) is 18.7 Å². The summed E-state index contributed by atoms with van der Waals surface area (Å²) < 4.78 is 35.3. The van der Waals surface area contributed by atoms with E-state index in [1.807, 2.05) is 0 Å². The maximum Gasteiger partial charge on any atom is 0.441 e. The summed E-state index contributed by atoms with van der Waals surface area (Å²) in [4.78, 5) is 12.5. The maximum absolute atomic E-state index is 11.8. The molecule has 1 saturated heterocycles. The highest BCUT2D eigenvalue weighted by Gasteiger charge is 2.30. The first-order valence-corrected chi connectivity index (χ1v) is 5.12. The van der Waals surface area contributed by atoms with Crippen molar-refractivity contribution in [3.05, 3.63) is 0 Å². The summed E-state index contributed by atoms with van der Waals surface area (Å²) >= 11 is -0.0972. The van der Waals surface area contributed by atoms with Crippen molar-refractivity contribution in [1.82, 2.24) is 10.2 Å². The Morgan fingerprint density at radius 1 is 1.64 bits per heavy atom. The molecule has 1 aliphatic rings. The van der Waals surface area contributed by atoms with Gasteiger partial charge in [0.2, 0.25) is 5.91 Å². The number of hydrogen-bond donors (Lipinski definition) is 1. The van der Waals surface area contributed by atoms with Gasteiger partial charge in [0, 0.05) is 12.3 Å². The minimum Gasteiger partial charge on any atom is -0.326 e. The van der Waals surface area contributed by atoms with Gasteiger partial charge >= 0.3 is 5.51 Å². The summed E-state index contributed by atoms with van der Waals surface area (Å²) in [6, 6.07) is 0. The molecule has 1 atom stereocenters. The highest BCUT2D eigenvalue weighted by atomic mass is 32.2. The van der Waals surface area contributed by atoms with Crippen molar-refractivity contribution < 1.29 is 18.0 Å². The van der Waals surface area contributed by atoms with Crippen LogP contribution in [-0.4, -0.2) is 41.3 Å². The SMILES string of the molecule is CC1NCC(=O)N1CCSC(F)(F)F. The van der Waals surface area contributed by atoms with Crippen molar-refractivity contribution in [2.75, 3.05) is 18.8 Å². The van der Waals surface area contributed by atoms with Crippen LogP contribution in [0.1, 0.15) is 6.92 Å². The third-order valence-corrected chi connectivity index (χ3v) is 2.65. The monoisotopic (exact) mass is 228 g/mol. The second-order valence-corrected chi connectivity index (χ2v) is 4.10. The van der Waals surface area contributed by atoms with E-state index in [0.717, 1.165) is 0 Å². The summed E-state index contributed by atoms with van der Waals surface area (Å²) in [6.45, 7) is 2.11. The topological polar surface area (TPSA) is 32.3 Å². The second kappa shape index (κ2) is 4.39. The van der Waals surface area contributed by atoms with Crippen molar-refractivity contribution in [3.8, 4) is 0 Å². The molecule has 1 aliphatic heterocycles. The molecular formula is C7H11F3N2OS. The van der Waals surface area contributed by atoms with Gasteiger partial charge in [-0.3, -0.25) is 10.1 Å². The fourth-order valence-electron chi connectivity index (χ4n) is 1.24. The van der Waals surface area contributed by atoms with E-state index >= 15 is 0 Å². The zero-order valence-electron chi connectivity index (χ0n) is 7.60. The first kappa shape index (κ1) is 11.6. The molecule has 1 heterocycles. The molecule has 0 aliphatic carbocycles. The van der Waals surface area contributed by atoms with Crippen LogP contribution in [0.5, 0.6) is 0 Å². The molecule has 1 amide bonds. The number of carbonyl (C=O) groups is 1. The largest absolute Gasteiger partial charge is 0.441 e. The average Bonchev–Trinajstić information content (AvgIpc) is 2.33. The summed E-state index contributed by atoms with van der Waals surface area (Å²) in [5, 5.41) is 2.85. The Morgan fingerprint density at radius 2 is 2.29 bits per heavy atom. The van der Waals surface area contributed by atoms with Crippen molar-refractivity contribution in [3.63, 3.8) is 0 Å². The molecule has 1 rings (SSSR count). The van der Waals surface area contributed by atoms with E-state index in [1.54, 1.807) is 6.92 Å². The number of rotatable bonds is 3. The van der Waals surface area contributed by atoms with Crippen LogP contribution in [0.4, 0.5) is 13.2 Å². The van der Waals surface area contributed by atoms with E-state index < -0.39 is 5.51 Å². The van der Waals surface area contributed by atoms with E-state index in [2.05, 4.69) is 5.32 Å². The van der Waals surface area contributed by atoms with Gasteiger partial charge in [-0.25, -0.2) is 0 Å². The third-order valence-electron chi connectivity index (χ3n) is 1.93. The van der Waals surface area contributed by atoms with Crippen LogP contribution < -0.4 is 5.32 Å². The molecule has 1 N–H and O–H groups in total. The fourth-order valence-corrected chi connectivity index (χ4v) is 1.76. The lowest BCUT2D eigenvalue weighted by Gasteiger charge is -2.20. The van der Waals surface area contributed by atoms with Crippen molar-refractivity contribution >= 4 is 17.7 Å². The van der Waals surface area contributed by atoms with Crippen LogP contribution in [0.2, 0.25) is 0 Å². The Kier molecular flexibility index (Phi) is 3.65. The van der Waals surface area contributed by atoms with Crippen LogP contribution in [0.25, 0.3) is 0 Å². The molecule has 3 nitrogen and oxygen atoms in total. The number of hydrogen-bond acceptors (Lipinski definition) is 3. The molecule has 0 aromatic rings. The molecular weight excluding hydrogens is 217 g/mol. The zero-order chi connectivity index (χ0) is 10.8. The van der Waals surface area contributed by atoms with Gasteiger partial charge in [-0.2, -0.15) is 13.2 Å². The standard InChI is InChI=1S/C7H11F3N2OS/c1-5-11-4-6(13)12(5)2-3-14-7(8,9)10/h5,11H,2-4H2,1H3. The highest BCUT2D eigenvalue weighted by Crippen LogP contribution is 2.29. The summed E-state index contributed by atoms with van der Waals surface area (Å²) in [5.74, 6) is -0.248. The molecule has 0 aromatic heterocycles. The van der Waals surface area contributed by atoms with Gasteiger partial charge in [-0.15, -0.1) is 0 Å². The average molecular weight is 228 g/mol. The third kappa shape index (κ3) is 3.38. The Hall–Kier alpha value is -0.430. The van der Waals surface area contributed by atoms with E-state index in [9.17, 15) is 18.0 Å². The quantitative estimate of drug-likeness (QED) is 0.782. The Balaban J connectivity index is 2.27. The molecule has 7 heteroatoms. The molecule has 0 saturated carbocycles. The van der Waals surface area contributed by atoms with Crippen LogP contribution in [-0.2, 0) is 4.79 Å². The molecule has 82 valence electrons. The zero-order valence-corrected chi connectivity index (χ0v) is 8.41. The van der Waals surface area contributed by atoms with Crippen molar-refractivity contribution in [1.29, 1.82) is 0 Å². The van der Waals surface area contributed by atoms with Gasteiger partial charge < -0.3 is 4.90 Å². The maximum atomic E-state index is 11.8. The minimum absolute atomic E-state index is 0.0972. The molecule has 1 fully saturated rings. The lowest BCUT2D eigenvalue weighted by molar-refractivity contribution is -0.127. The second-order valence-electron chi connectivity index (χ2n) is 2.94. The fraction of sp³-hybridized carbons (Fsp3) is 0.857. The number of alkyl halides is 3. The first-order chi connectivity index (χ1) is 6.40. The van der Waals surface area contributed by atoms with Crippen LogP contribution in [0.3, 0.4) is 0 Å². The minimum atomic E-state index is -4.21. The van der Waals surface area contributed by atoms with Gasteiger partial charge in [0.1, 0.15) is 0 Å². The number of thioether (sulfide) groups is 1. The Bertz CT molecular complexity index is 221. The molecule has 0 radical (unpaired) electrons. The van der Waals surface area contributed by atoms with Crippen molar-refractivity contribution in [2.45, 2.75) is 18.6 Å². The van der Waals surface area contributed by atoms with E-state index in [0.29, 0.717) is 0 Å². The van der Waals surface area contributed by atoms with E-state index in [4.69, 9.17) is 0 Å². The van der Waals surface area contributed by atoms with Gasteiger partial charge in [0.15, 0.2) is 0 Å². The Morgan fingerprint density at radius 3 is 2.71 bits per heavy atom. The summed E-state index contributed by atoms with van der Waals surface area (Å²) in [6.07, 6.45) is -0.156. The Labute approximate surface area is 84.0 Å². The molecule has 14 heavy (non-hydrogen) atoms. The predicted octanol–water partition coefficient (Wildman–Crippen LogP) is 1.02. The lowest BCUT2D eigenvalue weighted by Crippen LogP contribution is -2.36. The van der Waals surface area contributed by atoms with Gasteiger partial charge in [-0.1, -0.05) is 0 Å². The number of nitrogens with zero attached hydrogens (tertiary/aromatic N) is 1. The predicted molar refractivity (Wildman–Crippen MR) is 47.7 cm³/mol. The number of nitrogens with one attached hydrogen (secondary N) is 1. The lowest BCUT2D eigenvalue weighted by atomic mass is 10.5. The van der Waals surface area contributed by atoms with Crippen LogP contribution in [0, 0.1) is 0 Å². The van der Waals surface area contributed by atoms with E-state index in [-0.39, 0.29) is 42.7 Å². The van der Waals surface area contributed by atoms with Crippen LogP contribution >= 0.6 is 11.8 Å². The van der Waals surface area contributed by atoms with Gasteiger partial charge in [0.05, 0.1) is 12.7 Å². The van der Waals surface area contributed by atoms with Crippen LogP contribution in [0.15, 0.2) is 0 Å². The number of amides is 1. The molecule has 0 aromatic carbocycles. The normalized spacial score (nSPS) is 23.3. The number of carbonyl (C=O) groups excluding carboxylic acids is 1. The summed E-state index contributed by atoms with van der Waals surface area (Å²) in [5.41, 5.74) is -4.21. The summed E-state index contributed by atoms with van der Waals surface area (Å²) in [7, 11) is 0. The first-order valence-electron chi connectivity index (χ1n) is 4.14. The van der Waals surface area contributed by atoms with E-state index in [1.165, 1.54) is 4.90 Å². The van der Waals surface area contributed by atoms with Crippen molar-refractivity contribution in [2.24, 2.45) is 0 Å². The molecule has 0 bridgehead atoms. The van der Waals surface area contributed by atoms with Gasteiger partial charge in [0.25, 0.3) is 0 Å². The smallest absolute Gasteiger partial charge is 0.326 e. The molecule has 1 unspecified atom stereocenters.